The number of hydrogen-bond acceptors (Lipinski definition) is 5. The van der Waals surface area contributed by atoms with Crippen LogP contribution in [0.2, 0.25) is 0 Å². The van der Waals surface area contributed by atoms with E-state index in [4.69, 9.17) is 0 Å². The molecule has 0 unspecified atom stereocenters. The van der Waals surface area contributed by atoms with Gasteiger partial charge in [0.05, 0.1) is 6.42 Å². The predicted octanol–water partition coefficient (Wildman–Crippen LogP) is 3.59. The zero-order valence-electron chi connectivity index (χ0n) is 15.0. The first-order valence-electron chi connectivity index (χ1n) is 8.79. The van der Waals surface area contributed by atoms with Gasteiger partial charge in [0, 0.05) is 29.8 Å². The van der Waals surface area contributed by atoms with Gasteiger partial charge in [0.2, 0.25) is 5.91 Å². The highest BCUT2D eigenvalue weighted by Crippen LogP contribution is 2.18. The lowest BCUT2D eigenvalue weighted by Crippen LogP contribution is -2.14. The Morgan fingerprint density at radius 2 is 1.71 bits per heavy atom. The van der Waals surface area contributed by atoms with Gasteiger partial charge in [0.15, 0.2) is 5.82 Å². The molecular formula is C21H18N6O. The van der Waals surface area contributed by atoms with Crippen LogP contribution in [0.4, 0.5) is 17.2 Å². The van der Waals surface area contributed by atoms with Crippen molar-refractivity contribution in [1.82, 2.24) is 19.7 Å². The maximum absolute atomic E-state index is 12.2. The van der Waals surface area contributed by atoms with Gasteiger partial charge < -0.3 is 10.6 Å². The number of benzene rings is 2. The van der Waals surface area contributed by atoms with E-state index < -0.39 is 0 Å². The summed E-state index contributed by atoms with van der Waals surface area (Å²) in [7, 11) is 0. The number of amides is 1. The number of nitrogens with one attached hydrogen (secondary N) is 2. The minimum absolute atomic E-state index is 0.0495. The highest BCUT2D eigenvalue weighted by Gasteiger charge is 2.05. The van der Waals surface area contributed by atoms with Crippen molar-refractivity contribution in [2.24, 2.45) is 0 Å². The lowest BCUT2D eigenvalue weighted by Gasteiger charge is -2.09. The average Bonchev–Trinajstić information content (AvgIpc) is 3.25. The minimum atomic E-state index is -0.0495. The fourth-order valence-electron chi connectivity index (χ4n) is 2.72. The summed E-state index contributed by atoms with van der Waals surface area (Å²) in [4.78, 5) is 20.6. The third-order valence-corrected chi connectivity index (χ3v) is 4.04. The minimum Gasteiger partial charge on any atom is -0.340 e. The van der Waals surface area contributed by atoms with Crippen LogP contribution in [0.3, 0.4) is 0 Å². The van der Waals surface area contributed by atoms with Gasteiger partial charge in [-0.1, -0.05) is 30.3 Å². The van der Waals surface area contributed by atoms with Gasteiger partial charge in [-0.05, 0) is 35.9 Å². The Labute approximate surface area is 162 Å². The quantitative estimate of drug-likeness (QED) is 0.542. The summed E-state index contributed by atoms with van der Waals surface area (Å²) in [5, 5.41) is 10.3. The molecule has 0 saturated carbocycles. The van der Waals surface area contributed by atoms with Crippen LogP contribution in [0.15, 0.2) is 85.5 Å². The van der Waals surface area contributed by atoms with Gasteiger partial charge in [-0.3, -0.25) is 4.79 Å². The van der Waals surface area contributed by atoms with Gasteiger partial charge in [-0.2, -0.15) is 5.10 Å². The van der Waals surface area contributed by atoms with Crippen LogP contribution in [0.25, 0.3) is 5.82 Å². The predicted molar refractivity (Wildman–Crippen MR) is 108 cm³/mol. The summed E-state index contributed by atoms with van der Waals surface area (Å²) >= 11 is 0. The Bertz CT molecular complexity index is 1050. The highest BCUT2D eigenvalue weighted by molar-refractivity contribution is 5.92. The fourth-order valence-corrected chi connectivity index (χ4v) is 2.72. The SMILES string of the molecule is O=C(Cc1ccccc1)Nc1ccc(Nc2cc(-n3cccn3)ncn2)cc1. The molecule has 4 rings (SSSR count). The maximum Gasteiger partial charge on any atom is 0.228 e. The zero-order chi connectivity index (χ0) is 19.2. The highest BCUT2D eigenvalue weighted by atomic mass is 16.1. The molecule has 0 aliphatic carbocycles. The van der Waals surface area contributed by atoms with E-state index in [1.54, 1.807) is 10.9 Å². The fraction of sp³-hybridized carbons (Fsp3) is 0.0476. The topological polar surface area (TPSA) is 84.7 Å². The summed E-state index contributed by atoms with van der Waals surface area (Å²) in [5.74, 6) is 1.28. The molecule has 2 aromatic heterocycles. The van der Waals surface area contributed by atoms with E-state index in [1.165, 1.54) is 6.33 Å². The smallest absolute Gasteiger partial charge is 0.228 e. The molecule has 0 saturated heterocycles. The molecule has 2 N–H and O–H groups in total. The normalized spacial score (nSPS) is 10.4. The van der Waals surface area contributed by atoms with E-state index in [2.05, 4.69) is 25.7 Å². The van der Waals surface area contributed by atoms with Crippen LogP contribution in [0.1, 0.15) is 5.56 Å². The largest absolute Gasteiger partial charge is 0.340 e. The van der Waals surface area contributed by atoms with E-state index in [0.717, 1.165) is 16.9 Å². The van der Waals surface area contributed by atoms with E-state index in [1.807, 2.05) is 72.9 Å². The number of aromatic nitrogens is 4. The Morgan fingerprint density at radius 3 is 2.46 bits per heavy atom. The van der Waals surface area contributed by atoms with Crippen molar-refractivity contribution < 1.29 is 4.79 Å². The van der Waals surface area contributed by atoms with Gasteiger partial charge >= 0.3 is 0 Å². The molecule has 0 spiro atoms. The third-order valence-electron chi connectivity index (χ3n) is 4.04. The molecule has 2 heterocycles. The molecule has 2 aromatic carbocycles. The standard InChI is InChI=1S/C21H18N6O/c28-21(13-16-5-2-1-3-6-16)26-18-9-7-17(8-10-18)25-19-14-20(23-15-22-19)27-12-4-11-24-27/h1-12,14-15H,13H2,(H,26,28)(H,22,23,25). The molecule has 138 valence electrons. The van der Waals surface area contributed by atoms with Crippen LogP contribution in [0.5, 0.6) is 0 Å². The van der Waals surface area contributed by atoms with E-state index in [0.29, 0.717) is 18.1 Å². The molecule has 0 aliphatic rings. The molecule has 0 radical (unpaired) electrons. The molecule has 0 atom stereocenters. The molecule has 0 fully saturated rings. The number of anilines is 3. The molecule has 4 aromatic rings. The second-order valence-corrected chi connectivity index (χ2v) is 6.12. The Kier molecular flexibility index (Phi) is 5.06. The first-order chi connectivity index (χ1) is 13.8. The van der Waals surface area contributed by atoms with Gasteiger partial charge in [-0.15, -0.1) is 0 Å². The van der Waals surface area contributed by atoms with Crippen LogP contribution in [0, 0.1) is 0 Å². The van der Waals surface area contributed by atoms with Gasteiger partial charge in [0.25, 0.3) is 0 Å². The molecule has 7 heteroatoms. The average molecular weight is 370 g/mol. The van der Waals surface area contributed by atoms with Crippen molar-refractivity contribution in [3.8, 4) is 5.82 Å². The number of carbonyl (C=O) groups is 1. The number of nitrogens with zero attached hydrogens (tertiary/aromatic N) is 4. The second kappa shape index (κ2) is 8.13. The molecule has 1 amide bonds. The summed E-state index contributed by atoms with van der Waals surface area (Å²) in [5.41, 5.74) is 2.58. The van der Waals surface area contributed by atoms with Crippen LogP contribution in [-0.2, 0) is 11.2 Å². The molecule has 0 bridgehead atoms. The molecule has 7 nitrogen and oxygen atoms in total. The van der Waals surface area contributed by atoms with E-state index >= 15 is 0 Å². The monoisotopic (exact) mass is 370 g/mol. The number of hydrogen-bond donors (Lipinski definition) is 2. The van der Waals surface area contributed by atoms with E-state index in [-0.39, 0.29) is 5.91 Å². The zero-order valence-corrected chi connectivity index (χ0v) is 15.0. The van der Waals surface area contributed by atoms with Crippen LogP contribution in [-0.4, -0.2) is 25.7 Å². The second-order valence-electron chi connectivity index (χ2n) is 6.12. The summed E-state index contributed by atoms with van der Waals surface area (Å²) in [6.07, 6.45) is 5.34. The van der Waals surface area contributed by atoms with Crippen LogP contribution < -0.4 is 10.6 Å². The molecule has 0 aliphatic heterocycles. The first kappa shape index (κ1) is 17.4. The van der Waals surface area contributed by atoms with Crippen molar-refractivity contribution in [2.45, 2.75) is 6.42 Å². The van der Waals surface area contributed by atoms with Crippen molar-refractivity contribution >= 4 is 23.1 Å². The number of carbonyl (C=O) groups excluding carboxylic acids is 1. The third kappa shape index (κ3) is 4.39. The molecular weight excluding hydrogens is 352 g/mol. The van der Waals surface area contributed by atoms with E-state index in [9.17, 15) is 4.79 Å². The molecule has 28 heavy (non-hydrogen) atoms. The van der Waals surface area contributed by atoms with Crippen molar-refractivity contribution in [3.63, 3.8) is 0 Å². The number of rotatable bonds is 6. The summed E-state index contributed by atoms with van der Waals surface area (Å²) in [6.45, 7) is 0. The van der Waals surface area contributed by atoms with Gasteiger partial charge in [-0.25, -0.2) is 14.6 Å². The van der Waals surface area contributed by atoms with Crippen molar-refractivity contribution in [2.75, 3.05) is 10.6 Å². The van der Waals surface area contributed by atoms with Crippen molar-refractivity contribution in [3.05, 3.63) is 91.0 Å². The summed E-state index contributed by atoms with van der Waals surface area (Å²) in [6, 6.07) is 20.8. The van der Waals surface area contributed by atoms with Gasteiger partial charge in [0.1, 0.15) is 12.1 Å². The van der Waals surface area contributed by atoms with Crippen molar-refractivity contribution in [1.29, 1.82) is 0 Å². The summed E-state index contributed by atoms with van der Waals surface area (Å²) < 4.78 is 1.66. The lowest BCUT2D eigenvalue weighted by molar-refractivity contribution is -0.115. The van der Waals surface area contributed by atoms with Crippen LogP contribution >= 0.6 is 0 Å². The lowest BCUT2D eigenvalue weighted by atomic mass is 10.1. The Morgan fingerprint density at radius 1 is 0.929 bits per heavy atom. The maximum atomic E-state index is 12.2. The first-order valence-corrected chi connectivity index (χ1v) is 8.79. The Hall–Kier alpha value is -4.00. The Balaban J connectivity index is 1.38.